The monoisotopic (exact) mass is 772 g/mol. The van der Waals surface area contributed by atoms with Gasteiger partial charge in [0.15, 0.2) is 0 Å². The van der Waals surface area contributed by atoms with Crippen LogP contribution in [0.2, 0.25) is 5.02 Å². The molecule has 2 aromatic carbocycles. The maximum atomic E-state index is 13.2. The van der Waals surface area contributed by atoms with Crippen molar-refractivity contribution in [1.82, 2.24) is 31.9 Å². The largest absolute Gasteiger partial charge is 0.391 e. The lowest BCUT2D eigenvalue weighted by Gasteiger charge is -2.26. The third-order valence-corrected chi connectivity index (χ3v) is 8.62. The van der Waals surface area contributed by atoms with Gasteiger partial charge >= 0.3 is 0 Å². The molecule has 296 valence electrons. The number of unbranched alkanes of at least 4 members (excludes halogenated alkanes) is 2. The summed E-state index contributed by atoms with van der Waals surface area (Å²) in [5, 5.41) is 25.8. The second kappa shape index (κ2) is 23.0. The number of aliphatic hydroxyl groups excluding tert-OH is 1. The summed E-state index contributed by atoms with van der Waals surface area (Å²) in [5.41, 5.74) is 13.3. The molecule has 6 atom stereocenters. The molecule has 0 spiro atoms. The van der Waals surface area contributed by atoms with Crippen molar-refractivity contribution in [2.45, 2.75) is 96.1 Å². The molecule has 54 heavy (non-hydrogen) atoms. The van der Waals surface area contributed by atoms with Gasteiger partial charge in [0, 0.05) is 23.7 Å². The van der Waals surface area contributed by atoms with E-state index in [2.05, 4.69) is 31.9 Å². The number of benzene rings is 2. The number of halogens is 1. The van der Waals surface area contributed by atoms with E-state index in [-0.39, 0.29) is 18.5 Å². The second-order valence-electron chi connectivity index (χ2n) is 12.9. The highest BCUT2D eigenvalue weighted by Gasteiger charge is 2.33. The van der Waals surface area contributed by atoms with Gasteiger partial charge in [-0.3, -0.25) is 33.6 Å². The molecule has 0 radical (unpaired) electrons. The third kappa shape index (κ3) is 14.5. The molecule has 0 heterocycles. The maximum Gasteiger partial charge on any atom is 0.289 e. The highest BCUT2D eigenvalue weighted by atomic mass is 35.5. The Kier molecular flexibility index (Phi) is 19.3. The number of Topliss-reactive ketones (excluding diaryl/α,β-unsaturated/α-hetero) is 1. The first-order valence-corrected chi connectivity index (χ1v) is 18.3. The number of nitrogens with two attached hydrogens (primary N) is 2. The van der Waals surface area contributed by atoms with Crippen molar-refractivity contribution in [2.24, 2.45) is 11.5 Å². The number of carbonyl (C=O) groups is 7. The Balaban J connectivity index is 2.03. The highest BCUT2D eigenvalue weighted by molar-refractivity contribution is 6.38. The van der Waals surface area contributed by atoms with Crippen LogP contribution in [-0.4, -0.2) is 102 Å². The van der Waals surface area contributed by atoms with Gasteiger partial charge in [-0.25, -0.2) is 0 Å². The van der Waals surface area contributed by atoms with E-state index in [9.17, 15) is 38.7 Å². The zero-order chi connectivity index (χ0) is 40.4. The fraction of sp³-hybridized carbons (Fsp3) is 0.486. The number of ketones is 1. The number of hydrogen-bond acceptors (Lipinski definition) is 10. The standard InChI is InChI=1S/C37H53ClN8O8/c1-5-6-19-41-37(54)31(48)21(2)42-34(51)28(9-7-8-18-39)44-32(49)22(3)43-36(53)30(23(4)47)46-35(52)29(20-40)45-33(50)26-12-10-24(11-13-26)25-14-16-27(38)17-15-25/h10-17,21-23,28-30,47H,5-9,18-20,39-40H2,1-4H3,(H,41,54)(H,42,51)(H,43,53)(H,44,49)(H,45,50)(H,46,52)/t21-,22-,23+,28-,29-,30-/m0/s1. The second-order valence-corrected chi connectivity index (χ2v) is 13.3. The van der Waals surface area contributed by atoms with Crippen molar-refractivity contribution in [2.75, 3.05) is 19.6 Å². The zero-order valence-corrected chi connectivity index (χ0v) is 31.8. The van der Waals surface area contributed by atoms with Gasteiger partial charge in [0.1, 0.15) is 24.2 Å². The molecule has 0 saturated heterocycles. The van der Waals surface area contributed by atoms with Gasteiger partial charge in [-0.05, 0) is 88.4 Å². The van der Waals surface area contributed by atoms with Gasteiger partial charge < -0.3 is 48.5 Å². The van der Waals surface area contributed by atoms with Crippen LogP contribution in [0.25, 0.3) is 11.1 Å². The summed E-state index contributed by atoms with van der Waals surface area (Å²) in [6.45, 7) is 6.17. The van der Waals surface area contributed by atoms with Crippen LogP contribution in [-0.2, 0) is 28.8 Å². The molecule has 0 unspecified atom stereocenters. The van der Waals surface area contributed by atoms with E-state index in [0.717, 1.165) is 17.5 Å². The van der Waals surface area contributed by atoms with Crippen LogP contribution in [0.1, 0.15) is 70.2 Å². The van der Waals surface area contributed by atoms with Crippen LogP contribution < -0.4 is 43.4 Å². The summed E-state index contributed by atoms with van der Waals surface area (Å²) in [6.07, 6.45) is 1.19. The van der Waals surface area contributed by atoms with Crippen molar-refractivity contribution in [3.8, 4) is 11.1 Å². The van der Waals surface area contributed by atoms with Gasteiger partial charge in [0.05, 0.1) is 12.1 Å². The minimum Gasteiger partial charge on any atom is -0.391 e. The zero-order valence-electron chi connectivity index (χ0n) is 31.1. The summed E-state index contributed by atoms with van der Waals surface area (Å²) >= 11 is 5.96. The molecule has 0 saturated carbocycles. The average Bonchev–Trinajstić information content (AvgIpc) is 3.15. The first kappa shape index (κ1) is 45.3. The Morgan fingerprint density at radius 3 is 1.81 bits per heavy atom. The van der Waals surface area contributed by atoms with Gasteiger partial charge in [-0.1, -0.05) is 49.2 Å². The Morgan fingerprint density at radius 1 is 0.685 bits per heavy atom. The Morgan fingerprint density at radius 2 is 1.26 bits per heavy atom. The van der Waals surface area contributed by atoms with Gasteiger partial charge in [0.25, 0.3) is 11.8 Å². The molecule has 0 aromatic heterocycles. The van der Waals surface area contributed by atoms with E-state index in [1.54, 1.807) is 36.4 Å². The lowest BCUT2D eigenvalue weighted by atomic mass is 10.0. The molecule has 0 aliphatic rings. The smallest absolute Gasteiger partial charge is 0.289 e. The van der Waals surface area contributed by atoms with Crippen LogP contribution >= 0.6 is 11.6 Å². The lowest BCUT2D eigenvalue weighted by Crippen LogP contribution is -2.61. The molecule has 2 aromatic rings. The van der Waals surface area contributed by atoms with Crippen LogP contribution in [0.5, 0.6) is 0 Å². The van der Waals surface area contributed by atoms with Gasteiger partial charge in [-0.15, -0.1) is 0 Å². The normalized spacial score (nSPS) is 14.2. The van der Waals surface area contributed by atoms with E-state index in [1.165, 1.54) is 20.8 Å². The Labute approximate surface area is 320 Å². The molecule has 0 aliphatic heterocycles. The molecular formula is C37H53ClN8O8. The van der Waals surface area contributed by atoms with Crippen LogP contribution in [0, 0.1) is 0 Å². The molecule has 0 fully saturated rings. The molecule has 6 amide bonds. The van der Waals surface area contributed by atoms with Crippen molar-refractivity contribution in [1.29, 1.82) is 0 Å². The number of nitrogens with one attached hydrogen (secondary N) is 6. The molecular weight excluding hydrogens is 720 g/mol. The SMILES string of the molecule is CCCCNC(=O)C(=O)[C@H](C)NC(=O)[C@H](CCCCN)NC(=O)[C@H](C)NC(=O)[C@@H](NC(=O)[C@H](CN)NC(=O)c1ccc(-c2ccc(Cl)cc2)cc1)[C@@H](C)O. The molecule has 0 bridgehead atoms. The van der Waals surface area contributed by atoms with E-state index in [0.29, 0.717) is 37.4 Å². The minimum absolute atomic E-state index is 0.143. The van der Waals surface area contributed by atoms with E-state index in [1.807, 2.05) is 19.1 Å². The minimum atomic E-state index is -1.56. The molecule has 16 nitrogen and oxygen atoms in total. The van der Waals surface area contributed by atoms with Crippen LogP contribution in [0.4, 0.5) is 0 Å². The predicted molar refractivity (Wildman–Crippen MR) is 204 cm³/mol. The Hall–Kier alpha value is -4.90. The summed E-state index contributed by atoms with van der Waals surface area (Å²) < 4.78 is 0. The van der Waals surface area contributed by atoms with Crippen molar-refractivity contribution < 1.29 is 38.7 Å². The van der Waals surface area contributed by atoms with E-state index < -0.39 is 77.5 Å². The number of amides is 6. The predicted octanol–water partition coefficient (Wildman–Crippen LogP) is 0.0383. The Bertz CT molecular complexity index is 1590. The topological polar surface area (TPSA) is 264 Å². The molecule has 2 rings (SSSR count). The molecule has 0 aliphatic carbocycles. The molecule has 11 N–H and O–H groups in total. The average molecular weight is 773 g/mol. The number of aliphatic hydroxyl groups is 1. The van der Waals surface area contributed by atoms with E-state index >= 15 is 0 Å². The summed E-state index contributed by atoms with van der Waals surface area (Å²) in [4.78, 5) is 90.3. The van der Waals surface area contributed by atoms with Crippen LogP contribution in [0.3, 0.4) is 0 Å². The fourth-order valence-electron chi connectivity index (χ4n) is 5.06. The summed E-state index contributed by atoms with van der Waals surface area (Å²) in [5.74, 6) is -5.58. The van der Waals surface area contributed by atoms with Gasteiger partial charge in [-0.2, -0.15) is 0 Å². The number of rotatable bonds is 22. The first-order valence-electron chi connectivity index (χ1n) is 17.9. The first-order chi connectivity index (χ1) is 25.6. The molecule has 17 heteroatoms. The van der Waals surface area contributed by atoms with Crippen molar-refractivity contribution in [3.05, 3.63) is 59.1 Å². The van der Waals surface area contributed by atoms with Crippen molar-refractivity contribution in [3.63, 3.8) is 0 Å². The lowest BCUT2D eigenvalue weighted by molar-refractivity contribution is -0.140. The van der Waals surface area contributed by atoms with E-state index in [4.69, 9.17) is 23.1 Å². The maximum absolute atomic E-state index is 13.2. The summed E-state index contributed by atoms with van der Waals surface area (Å²) in [6, 6.07) is 7.34. The van der Waals surface area contributed by atoms with Gasteiger partial charge in [0.2, 0.25) is 29.4 Å². The van der Waals surface area contributed by atoms with Crippen molar-refractivity contribution >= 4 is 52.8 Å². The fourth-order valence-corrected chi connectivity index (χ4v) is 5.18. The number of carbonyl (C=O) groups excluding carboxylic acids is 7. The quantitative estimate of drug-likeness (QED) is 0.0573. The number of hydrogen-bond donors (Lipinski definition) is 9. The summed E-state index contributed by atoms with van der Waals surface area (Å²) in [7, 11) is 0. The highest BCUT2D eigenvalue weighted by Crippen LogP contribution is 2.22. The third-order valence-electron chi connectivity index (χ3n) is 8.37. The van der Waals surface area contributed by atoms with Crippen LogP contribution in [0.15, 0.2) is 48.5 Å².